The van der Waals surface area contributed by atoms with E-state index in [9.17, 15) is 14.4 Å². The average molecular weight is 567 g/mol. The molecular weight excluding hydrogens is 528 g/mol. The fourth-order valence-corrected chi connectivity index (χ4v) is 5.94. The number of likely N-dealkylation sites (tertiary alicyclic amines) is 1. The standard InChI is InChI=1S/C33H38N6O3/c1-20-15-29(33(42)34-13-9-12-25-10-7-6-8-11-25)39(22(20)3)30(41)19-38-32-21(2)14-26(27-17-35-24(5)36-18-27)16-28(32)31(37-38)23(4)40/h6-8,10-11,14,16-18,20,22,29H,9,12-13,15,19H2,1-5H3,(H,34,42)/t20-,22+,29-/m0/s1. The van der Waals surface area contributed by atoms with E-state index >= 15 is 0 Å². The fraction of sp³-hybridized carbons (Fsp3) is 0.394. The molecule has 218 valence electrons. The molecule has 0 aliphatic carbocycles. The molecular formula is C33H38N6O3. The molecule has 1 N–H and O–H groups in total. The van der Waals surface area contributed by atoms with Gasteiger partial charge in [0.25, 0.3) is 0 Å². The largest absolute Gasteiger partial charge is 0.354 e. The Bertz CT molecular complexity index is 1610. The first-order valence-corrected chi connectivity index (χ1v) is 14.6. The first-order valence-electron chi connectivity index (χ1n) is 14.6. The van der Waals surface area contributed by atoms with Gasteiger partial charge in [0.15, 0.2) is 5.78 Å². The molecule has 1 aliphatic rings. The molecule has 0 unspecified atom stereocenters. The number of aromatic nitrogens is 4. The maximum Gasteiger partial charge on any atom is 0.245 e. The van der Waals surface area contributed by atoms with E-state index in [-0.39, 0.29) is 36.1 Å². The van der Waals surface area contributed by atoms with Crippen molar-refractivity contribution >= 4 is 28.5 Å². The van der Waals surface area contributed by atoms with E-state index in [1.807, 2.05) is 51.1 Å². The SMILES string of the molecule is CC(=O)c1nn(CC(=O)N2[C@H](C)[C@@H](C)C[C@H]2C(=O)NCCCc2ccccc2)c2c(C)cc(-c3cnc(C)nc3)cc12. The summed E-state index contributed by atoms with van der Waals surface area (Å²) in [6.07, 6.45) is 5.83. The van der Waals surface area contributed by atoms with Crippen molar-refractivity contribution in [1.82, 2.24) is 30.0 Å². The van der Waals surface area contributed by atoms with Crippen molar-refractivity contribution in [3.05, 3.63) is 77.5 Å². The Labute approximate surface area is 246 Å². The molecule has 2 aromatic heterocycles. The van der Waals surface area contributed by atoms with Gasteiger partial charge >= 0.3 is 0 Å². The normalized spacial score (nSPS) is 18.4. The second-order valence-electron chi connectivity index (χ2n) is 11.4. The summed E-state index contributed by atoms with van der Waals surface area (Å²) in [7, 11) is 0. The van der Waals surface area contributed by atoms with Crippen molar-refractivity contribution in [3.63, 3.8) is 0 Å². The van der Waals surface area contributed by atoms with Gasteiger partial charge in [-0.15, -0.1) is 0 Å². The van der Waals surface area contributed by atoms with Gasteiger partial charge in [-0.25, -0.2) is 9.97 Å². The Kier molecular flexibility index (Phi) is 8.47. The molecule has 9 nitrogen and oxygen atoms in total. The number of carbonyl (C=O) groups is 3. The molecule has 0 bridgehead atoms. The third-order valence-electron chi connectivity index (χ3n) is 8.34. The van der Waals surface area contributed by atoms with E-state index < -0.39 is 6.04 Å². The Hall–Kier alpha value is -4.40. The average Bonchev–Trinajstić information content (AvgIpc) is 3.49. The van der Waals surface area contributed by atoms with Crippen LogP contribution in [0.4, 0.5) is 0 Å². The number of benzene rings is 2. The van der Waals surface area contributed by atoms with Crippen LogP contribution in [-0.2, 0) is 22.6 Å². The van der Waals surface area contributed by atoms with Crippen LogP contribution >= 0.6 is 0 Å². The Balaban J connectivity index is 1.36. The van der Waals surface area contributed by atoms with Crippen molar-refractivity contribution < 1.29 is 14.4 Å². The zero-order valence-corrected chi connectivity index (χ0v) is 24.9. The van der Waals surface area contributed by atoms with Gasteiger partial charge in [0.05, 0.1) is 5.52 Å². The number of rotatable bonds is 9. The summed E-state index contributed by atoms with van der Waals surface area (Å²) < 4.78 is 1.61. The highest BCUT2D eigenvalue weighted by molar-refractivity contribution is 6.07. The number of aryl methyl sites for hydroxylation is 3. The summed E-state index contributed by atoms with van der Waals surface area (Å²) in [4.78, 5) is 50.1. The summed E-state index contributed by atoms with van der Waals surface area (Å²) >= 11 is 0. The van der Waals surface area contributed by atoms with E-state index in [2.05, 4.69) is 39.4 Å². The zero-order chi connectivity index (χ0) is 30.0. The van der Waals surface area contributed by atoms with Gasteiger partial charge in [-0.1, -0.05) is 37.3 Å². The van der Waals surface area contributed by atoms with Crippen LogP contribution in [0.5, 0.6) is 0 Å². The van der Waals surface area contributed by atoms with Crippen LogP contribution in [0.1, 0.15) is 61.1 Å². The highest BCUT2D eigenvalue weighted by atomic mass is 16.2. The minimum absolute atomic E-state index is 0.0630. The smallest absolute Gasteiger partial charge is 0.245 e. The number of nitrogens with one attached hydrogen (secondary N) is 1. The number of carbonyl (C=O) groups excluding carboxylic acids is 3. The maximum absolute atomic E-state index is 13.8. The molecule has 0 saturated carbocycles. The molecule has 1 saturated heterocycles. The number of nitrogens with zero attached hydrogens (tertiary/aromatic N) is 5. The molecule has 1 fully saturated rings. The van der Waals surface area contributed by atoms with Gasteiger partial charge in [-0.05, 0) is 74.8 Å². The second kappa shape index (κ2) is 12.2. The Morgan fingerprint density at radius 3 is 2.40 bits per heavy atom. The van der Waals surface area contributed by atoms with Crippen LogP contribution in [0.25, 0.3) is 22.0 Å². The highest BCUT2D eigenvalue weighted by Gasteiger charge is 2.43. The molecule has 0 radical (unpaired) electrons. The highest BCUT2D eigenvalue weighted by Crippen LogP contribution is 2.32. The van der Waals surface area contributed by atoms with Gasteiger partial charge < -0.3 is 10.2 Å². The zero-order valence-electron chi connectivity index (χ0n) is 24.9. The van der Waals surface area contributed by atoms with Crippen LogP contribution in [-0.4, -0.2) is 60.9 Å². The molecule has 2 amide bonds. The Morgan fingerprint density at radius 2 is 1.71 bits per heavy atom. The maximum atomic E-state index is 13.8. The van der Waals surface area contributed by atoms with E-state index in [0.717, 1.165) is 35.0 Å². The lowest BCUT2D eigenvalue weighted by atomic mass is 10.0. The second-order valence-corrected chi connectivity index (χ2v) is 11.4. The number of Topliss-reactive ketones (excluding diaryl/α,β-unsaturated/α-hetero) is 1. The van der Waals surface area contributed by atoms with E-state index in [4.69, 9.17) is 0 Å². The molecule has 3 atom stereocenters. The van der Waals surface area contributed by atoms with Crippen molar-refractivity contribution in [2.75, 3.05) is 6.54 Å². The van der Waals surface area contributed by atoms with Crippen molar-refractivity contribution in [2.45, 2.75) is 72.5 Å². The van der Waals surface area contributed by atoms with E-state index in [1.54, 1.807) is 22.0 Å². The van der Waals surface area contributed by atoms with Gasteiger partial charge in [-0.3, -0.25) is 19.1 Å². The number of hydrogen-bond donors (Lipinski definition) is 1. The minimum Gasteiger partial charge on any atom is -0.354 e. The van der Waals surface area contributed by atoms with Crippen LogP contribution in [0.3, 0.4) is 0 Å². The third-order valence-corrected chi connectivity index (χ3v) is 8.34. The Morgan fingerprint density at radius 1 is 1.00 bits per heavy atom. The van der Waals surface area contributed by atoms with Crippen molar-refractivity contribution in [1.29, 1.82) is 0 Å². The minimum atomic E-state index is -0.539. The van der Waals surface area contributed by atoms with Crippen LogP contribution in [0, 0.1) is 19.8 Å². The topological polar surface area (TPSA) is 110 Å². The molecule has 3 heterocycles. The monoisotopic (exact) mass is 566 g/mol. The van der Waals surface area contributed by atoms with Crippen molar-refractivity contribution in [2.24, 2.45) is 5.92 Å². The lowest BCUT2D eigenvalue weighted by Crippen LogP contribution is -2.49. The van der Waals surface area contributed by atoms with Crippen LogP contribution < -0.4 is 5.32 Å². The summed E-state index contributed by atoms with van der Waals surface area (Å²) in [5.41, 5.74) is 4.86. The molecule has 2 aromatic carbocycles. The summed E-state index contributed by atoms with van der Waals surface area (Å²) in [5.74, 6) is 0.364. The third kappa shape index (κ3) is 5.95. The predicted molar refractivity (Wildman–Crippen MR) is 162 cm³/mol. The lowest BCUT2D eigenvalue weighted by Gasteiger charge is -2.28. The summed E-state index contributed by atoms with van der Waals surface area (Å²) in [6, 6.07) is 13.5. The van der Waals surface area contributed by atoms with E-state index in [0.29, 0.717) is 29.9 Å². The predicted octanol–water partition coefficient (Wildman–Crippen LogP) is 4.69. The molecule has 42 heavy (non-hydrogen) atoms. The molecule has 1 aliphatic heterocycles. The van der Waals surface area contributed by atoms with Gasteiger partial charge in [0, 0.05) is 42.9 Å². The number of hydrogen-bond acceptors (Lipinski definition) is 6. The summed E-state index contributed by atoms with van der Waals surface area (Å²) in [6.45, 7) is 9.81. The quantitative estimate of drug-likeness (QED) is 0.233. The number of amides is 2. The molecule has 9 heteroatoms. The molecule has 4 aromatic rings. The van der Waals surface area contributed by atoms with Crippen LogP contribution in [0.2, 0.25) is 0 Å². The first kappa shape index (κ1) is 29.1. The number of ketones is 1. The number of fused-ring (bicyclic) bond motifs is 1. The van der Waals surface area contributed by atoms with Gasteiger partial charge in [0.1, 0.15) is 24.1 Å². The van der Waals surface area contributed by atoms with E-state index in [1.165, 1.54) is 12.5 Å². The summed E-state index contributed by atoms with van der Waals surface area (Å²) in [5, 5.41) is 8.34. The lowest BCUT2D eigenvalue weighted by molar-refractivity contribution is -0.140. The van der Waals surface area contributed by atoms with Crippen LogP contribution in [0.15, 0.2) is 54.9 Å². The molecule has 0 spiro atoms. The molecule has 5 rings (SSSR count). The fourth-order valence-electron chi connectivity index (χ4n) is 5.94. The van der Waals surface area contributed by atoms with Crippen molar-refractivity contribution in [3.8, 4) is 11.1 Å². The first-order chi connectivity index (χ1) is 20.1. The van der Waals surface area contributed by atoms with Gasteiger partial charge in [-0.2, -0.15) is 5.10 Å². The van der Waals surface area contributed by atoms with Gasteiger partial charge in [0.2, 0.25) is 11.8 Å².